The van der Waals surface area contributed by atoms with Crippen LogP contribution in [-0.2, 0) is 0 Å². The van der Waals surface area contributed by atoms with Gasteiger partial charge in [-0.3, -0.25) is 4.57 Å². The Morgan fingerprint density at radius 3 is 1.78 bits per heavy atom. The highest BCUT2D eigenvalue weighted by Crippen LogP contribution is 2.49. The first-order valence-corrected chi connectivity index (χ1v) is 18.5. The molecule has 4 nitrogen and oxygen atoms in total. The molecule has 4 heteroatoms. The molecule has 4 aromatic heterocycles. The quantitative estimate of drug-likeness (QED) is 0.182. The van der Waals surface area contributed by atoms with Gasteiger partial charge in [0.25, 0.3) is 0 Å². The van der Waals surface area contributed by atoms with Gasteiger partial charge < -0.3 is 4.40 Å². The minimum absolute atomic E-state index is 0.663. The normalized spacial score (nSPS) is 12.4. The van der Waals surface area contributed by atoms with E-state index in [4.69, 9.17) is 9.97 Å². The molecular weight excluding hydrogens is 657 g/mol. The van der Waals surface area contributed by atoms with Crippen LogP contribution in [0.25, 0.3) is 120 Å². The Balaban J connectivity index is 1.29. The molecule has 0 aliphatic heterocycles. The highest BCUT2D eigenvalue weighted by molar-refractivity contribution is 6.40. The standard InChI is InChI=1S/C50H28N4/c1-3-16-31-29(13-1)15-11-22-34(31)45-38-20-7-9-25-41(38)51-50(52-45)53-42-26-10-8-21-39(42)44-48(53)35-19-6-5-18-33(35)43-40-24-12-23-36-37-28-27-30-14-2-4-17-32(30)46(37)54(47(36)40)49(43)44/h1-28H. The number of hydrogen-bond donors (Lipinski definition) is 0. The summed E-state index contributed by atoms with van der Waals surface area (Å²) in [5, 5.41) is 15.8. The predicted octanol–water partition coefficient (Wildman–Crippen LogP) is 13.0. The van der Waals surface area contributed by atoms with Crippen LogP contribution in [0.4, 0.5) is 0 Å². The Morgan fingerprint density at radius 1 is 0.333 bits per heavy atom. The second-order valence-electron chi connectivity index (χ2n) is 14.5. The Hall–Kier alpha value is -7.30. The molecule has 4 heterocycles. The lowest BCUT2D eigenvalue weighted by molar-refractivity contribution is 1.02. The second kappa shape index (κ2) is 10.2. The molecule has 0 aliphatic carbocycles. The lowest BCUT2D eigenvalue weighted by Crippen LogP contribution is -2.04. The lowest BCUT2D eigenvalue weighted by Gasteiger charge is -2.14. The van der Waals surface area contributed by atoms with E-state index in [1.165, 1.54) is 81.2 Å². The minimum atomic E-state index is 0.663. The number of fused-ring (bicyclic) bond motifs is 17. The molecule has 0 fully saturated rings. The molecule has 0 spiro atoms. The van der Waals surface area contributed by atoms with Crippen molar-refractivity contribution in [2.75, 3.05) is 0 Å². The van der Waals surface area contributed by atoms with Gasteiger partial charge >= 0.3 is 0 Å². The van der Waals surface area contributed by atoms with E-state index in [2.05, 4.69) is 179 Å². The third-order valence-electron chi connectivity index (χ3n) is 11.8. The van der Waals surface area contributed by atoms with Crippen molar-refractivity contribution < 1.29 is 0 Å². The molecule has 0 radical (unpaired) electrons. The minimum Gasteiger partial charge on any atom is -0.307 e. The zero-order chi connectivity index (χ0) is 35.1. The van der Waals surface area contributed by atoms with Crippen LogP contribution < -0.4 is 0 Å². The third-order valence-corrected chi connectivity index (χ3v) is 11.8. The van der Waals surface area contributed by atoms with Crippen molar-refractivity contribution in [3.8, 4) is 17.2 Å². The average molecular weight is 685 g/mol. The number of aromatic nitrogens is 4. The maximum Gasteiger partial charge on any atom is 0.235 e. The van der Waals surface area contributed by atoms with Crippen LogP contribution in [0.3, 0.4) is 0 Å². The first-order chi connectivity index (χ1) is 26.8. The molecule has 0 aliphatic rings. The lowest BCUT2D eigenvalue weighted by atomic mass is 9.98. The average Bonchev–Trinajstić information content (AvgIpc) is 3.89. The molecule has 13 aromatic rings. The van der Waals surface area contributed by atoms with Gasteiger partial charge in [-0.2, -0.15) is 0 Å². The van der Waals surface area contributed by atoms with Crippen LogP contribution in [0.5, 0.6) is 0 Å². The van der Waals surface area contributed by atoms with Crippen molar-refractivity contribution in [1.29, 1.82) is 0 Å². The summed E-state index contributed by atoms with van der Waals surface area (Å²) in [4.78, 5) is 11.0. The van der Waals surface area contributed by atoms with E-state index in [0.29, 0.717) is 5.95 Å². The van der Waals surface area contributed by atoms with Gasteiger partial charge in [0.15, 0.2) is 0 Å². The number of rotatable bonds is 2. The molecule has 0 bridgehead atoms. The van der Waals surface area contributed by atoms with Crippen LogP contribution in [0, 0.1) is 0 Å². The van der Waals surface area contributed by atoms with Gasteiger partial charge in [0.2, 0.25) is 5.95 Å². The van der Waals surface area contributed by atoms with Crippen LogP contribution >= 0.6 is 0 Å². The first kappa shape index (κ1) is 28.3. The molecule has 0 amide bonds. The van der Waals surface area contributed by atoms with Crippen molar-refractivity contribution in [2.45, 2.75) is 0 Å². The van der Waals surface area contributed by atoms with Crippen molar-refractivity contribution in [1.82, 2.24) is 18.9 Å². The van der Waals surface area contributed by atoms with Crippen molar-refractivity contribution in [3.05, 3.63) is 170 Å². The van der Waals surface area contributed by atoms with E-state index in [0.717, 1.165) is 33.2 Å². The summed E-state index contributed by atoms with van der Waals surface area (Å²) in [6, 6.07) is 61.4. The van der Waals surface area contributed by atoms with Gasteiger partial charge in [-0.25, -0.2) is 9.97 Å². The third kappa shape index (κ3) is 3.48. The molecule has 9 aromatic carbocycles. The van der Waals surface area contributed by atoms with Gasteiger partial charge in [-0.1, -0.05) is 158 Å². The summed E-state index contributed by atoms with van der Waals surface area (Å²) in [5.41, 5.74) is 8.90. The smallest absolute Gasteiger partial charge is 0.235 e. The fourth-order valence-electron chi connectivity index (χ4n) is 9.65. The van der Waals surface area contributed by atoms with E-state index in [1.807, 2.05) is 0 Å². The zero-order valence-corrected chi connectivity index (χ0v) is 29.0. The van der Waals surface area contributed by atoms with Crippen LogP contribution in [0.2, 0.25) is 0 Å². The highest BCUT2D eigenvalue weighted by Gasteiger charge is 2.27. The van der Waals surface area contributed by atoms with Crippen LogP contribution in [-0.4, -0.2) is 18.9 Å². The number of hydrogen-bond acceptors (Lipinski definition) is 2. The number of benzene rings is 9. The van der Waals surface area contributed by atoms with Gasteiger partial charge in [-0.15, -0.1) is 0 Å². The molecule has 0 N–H and O–H groups in total. The largest absolute Gasteiger partial charge is 0.307 e. The summed E-state index contributed by atoms with van der Waals surface area (Å²) < 4.78 is 4.91. The summed E-state index contributed by atoms with van der Waals surface area (Å²) >= 11 is 0. The van der Waals surface area contributed by atoms with E-state index >= 15 is 0 Å². The summed E-state index contributed by atoms with van der Waals surface area (Å²) in [7, 11) is 0. The second-order valence-corrected chi connectivity index (χ2v) is 14.5. The molecule has 0 saturated heterocycles. The van der Waals surface area contributed by atoms with E-state index < -0.39 is 0 Å². The molecule has 0 atom stereocenters. The van der Waals surface area contributed by atoms with E-state index in [9.17, 15) is 0 Å². The zero-order valence-electron chi connectivity index (χ0n) is 29.0. The number of nitrogens with zero attached hydrogens (tertiary/aromatic N) is 4. The number of para-hydroxylation sites is 3. The fourth-order valence-corrected chi connectivity index (χ4v) is 9.65. The van der Waals surface area contributed by atoms with Gasteiger partial charge in [-0.05, 0) is 33.7 Å². The topological polar surface area (TPSA) is 35.1 Å². The maximum atomic E-state index is 5.57. The monoisotopic (exact) mass is 684 g/mol. The maximum absolute atomic E-state index is 5.57. The molecule has 13 rings (SSSR count). The molecule has 54 heavy (non-hydrogen) atoms. The molecule has 0 saturated carbocycles. The molecule has 0 unspecified atom stereocenters. The SMILES string of the molecule is c1ccc2c(-c3nc(-n4c5ccccc5c5c4c4ccccc4c4c6cccc7c8ccc9ccccc9c8n(c76)c45)nc4ccccc34)cccc2c1. The Kier molecular flexibility index (Phi) is 5.34. The first-order valence-electron chi connectivity index (χ1n) is 18.5. The molecular formula is C50H28N4. The Bertz CT molecular complexity index is 3730. The highest BCUT2D eigenvalue weighted by atomic mass is 15.2. The van der Waals surface area contributed by atoms with E-state index in [1.54, 1.807) is 0 Å². The summed E-state index contributed by atoms with van der Waals surface area (Å²) in [5.74, 6) is 0.663. The van der Waals surface area contributed by atoms with Crippen molar-refractivity contribution >= 4 is 103 Å². The Morgan fingerprint density at radius 2 is 0.907 bits per heavy atom. The van der Waals surface area contributed by atoms with Gasteiger partial charge in [0.1, 0.15) is 0 Å². The van der Waals surface area contributed by atoms with Gasteiger partial charge in [0.05, 0.1) is 38.8 Å². The fraction of sp³-hybridized carbons (Fsp3) is 0. The van der Waals surface area contributed by atoms with Crippen LogP contribution in [0.1, 0.15) is 0 Å². The summed E-state index contributed by atoms with van der Waals surface area (Å²) in [6.45, 7) is 0. The predicted molar refractivity (Wildman–Crippen MR) is 226 cm³/mol. The van der Waals surface area contributed by atoms with Gasteiger partial charge in [0, 0.05) is 54.0 Å². The van der Waals surface area contributed by atoms with Crippen molar-refractivity contribution in [3.63, 3.8) is 0 Å². The van der Waals surface area contributed by atoms with E-state index in [-0.39, 0.29) is 0 Å². The molecule has 248 valence electrons. The Labute approximate surface area is 308 Å². The van der Waals surface area contributed by atoms with Crippen molar-refractivity contribution in [2.24, 2.45) is 0 Å². The summed E-state index contributed by atoms with van der Waals surface area (Å²) in [6.07, 6.45) is 0. The van der Waals surface area contributed by atoms with Crippen LogP contribution in [0.15, 0.2) is 170 Å².